The number of hydrogen-bond acceptors (Lipinski definition) is 1. The van der Waals surface area contributed by atoms with Crippen LogP contribution in [0.2, 0.25) is 5.02 Å². The molecule has 2 rings (SSSR count). The van der Waals surface area contributed by atoms with Crippen LogP contribution in [0.3, 0.4) is 0 Å². The molecule has 1 unspecified atom stereocenters. The molecular weight excluding hydrogens is 273 g/mol. The molecule has 3 heteroatoms. The van der Waals surface area contributed by atoms with Gasteiger partial charge in [-0.1, -0.05) is 42.8 Å². The van der Waals surface area contributed by atoms with Crippen LogP contribution in [-0.4, -0.2) is 12.6 Å². The Bertz CT molecular complexity index is 539. The number of benzene rings is 2. The molecule has 106 valence electrons. The molecule has 0 aliphatic heterocycles. The van der Waals surface area contributed by atoms with Crippen LogP contribution in [0.1, 0.15) is 18.1 Å². The monoisotopic (exact) mass is 291 g/mol. The lowest BCUT2D eigenvalue weighted by Crippen LogP contribution is -2.33. The Morgan fingerprint density at radius 2 is 1.75 bits per heavy atom. The molecule has 1 N–H and O–H groups in total. The number of likely N-dealkylation sites (N-methyl/N-ethyl adjacent to an activating group) is 1. The van der Waals surface area contributed by atoms with Crippen molar-refractivity contribution >= 4 is 11.6 Å². The van der Waals surface area contributed by atoms with Crippen LogP contribution >= 0.6 is 11.6 Å². The molecule has 0 bridgehead atoms. The Hall–Kier alpha value is -1.38. The molecule has 2 aromatic carbocycles. The molecule has 0 aromatic heterocycles. The first-order chi connectivity index (χ1) is 9.67. The van der Waals surface area contributed by atoms with Gasteiger partial charge in [0, 0.05) is 11.1 Å². The highest BCUT2D eigenvalue weighted by Gasteiger charge is 2.10. The van der Waals surface area contributed by atoms with E-state index in [1.165, 1.54) is 17.7 Å². The summed E-state index contributed by atoms with van der Waals surface area (Å²) in [6.07, 6.45) is 1.78. The second-order valence-corrected chi connectivity index (χ2v) is 5.36. The van der Waals surface area contributed by atoms with Crippen molar-refractivity contribution in [2.75, 3.05) is 6.54 Å². The van der Waals surface area contributed by atoms with Gasteiger partial charge in [0.1, 0.15) is 5.82 Å². The quantitative estimate of drug-likeness (QED) is 0.839. The largest absolute Gasteiger partial charge is 0.314 e. The van der Waals surface area contributed by atoms with E-state index in [0.717, 1.165) is 30.0 Å². The van der Waals surface area contributed by atoms with Crippen molar-refractivity contribution in [3.63, 3.8) is 0 Å². The lowest BCUT2D eigenvalue weighted by Gasteiger charge is -2.18. The normalized spacial score (nSPS) is 12.3. The van der Waals surface area contributed by atoms with Crippen molar-refractivity contribution in [1.29, 1.82) is 0 Å². The second kappa shape index (κ2) is 7.41. The van der Waals surface area contributed by atoms with E-state index < -0.39 is 0 Å². The molecule has 0 radical (unpaired) electrons. The SMILES string of the molecule is CCNC(Cc1ccc(F)cc1)Cc1cccc(Cl)c1. The molecule has 0 amide bonds. The average molecular weight is 292 g/mol. The highest BCUT2D eigenvalue weighted by atomic mass is 35.5. The lowest BCUT2D eigenvalue weighted by molar-refractivity contribution is 0.521. The van der Waals surface area contributed by atoms with Crippen molar-refractivity contribution in [2.24, 2.45) is 0 Å². The number of nitrogens with one attached hydrogen (secondary N) is 1. The predicted octanol–water partition coefficient (Wildman–Crippen LogP) is 4.24. The van der Waals surface area contributed by atoms with Gasteiger partial charge in [-0.05, 0) is 54.8 Å². The van der Waals surface area contributed by atoms with E-state index in [9.17, 15) is 4.39 Å². The van der Waals surface area contributed by atoms with Crippen LogP contribution in [0.5, 0.6) is 0 Å². The first kappa shape index (κ1) is 15.0. The molecule has 20 heavy (non-hydrogen) atoms. The first-order valence-electron chi connectivity index (χ1n) is 6.89. The molecule has 0 saturated heterocycles. The zero-order valence-electron chi connectivity index (χ0n) is 11.6. The highest BCUT2D eigenvalue weighted by molar-refractivity contribution is 6.30. The first-order valence-corrected chi connectivity index (χ1v) is 7.27. The van der Waals surface area contributed by atoms with Crippen molar-refractivity contribution in [3.05, 3.63) is 70.5 Å². The topological polar surface area (TPSA) is 12.0 Å². The highest BCUT2D eigenvalue weighted by Crippen LogP contribution is 2.14. The Morgan fingerprint density at radius 1 is 1.05 bits per heavy atom. The summed E-state index contributed by atoms with van der Waals surface area (Å²) in [5, 5.41) is 4.24. The number of hydrogen-bond donors (Lipinski definition) is 1. The fraction of sp³-hybridized carbons (Fsp3) is 0.294. The summed E-state index contributed by atoms with van der Waals surface area (Å²) in [6, 6.07) is 15.0. The van der Waals surface area contributed by atoms with Gasteiger partial charge in [-0.15, -0.1) is 0 Å². The lowest BCUT2D eigenvalue weighted by atomic mass is 9.99. The van der Waals surface area contributed by atoms with E-state index >= 15 is 0 Å². The summed E-state index contributed by atoms with van der Waals surface area (Å²) in [5.74, 6) is -0.191. The van der Waals surface area contributed by atoms with E-state index in [0.29, 0.717) is 6.04 Å². The van der Waals surface area contributed by atoms with Gasteiger partial charge >= 0.3 is 0 Å². The molecule has 1 atom stereocenters. The van der Waals surface area contributed by atoms with Gasteiger partial charge in [0.25, 0.3) is 0 Å². The summed E-state index contributed by atoms with van der Waals surface area (Å²) in [7, 11) is 0. The zero-order chi connectivity index (χ0) is 14.4. The van der Waals surface area contributed by atoms with Gasteiger partial charge in [0.15, 0.2) is 0 Å². The number of rotatable bonds is 6. The summed E-state index contributed by atoms with van der Waals surface area (Å²) >= 11 is 6.02. The smallest absolute Gasteiger partial charge is 0.123 e. The van der Waals surface area contributed by atoms with Crippen LogP contribution in [0.4, 0.5) is 4.39 Å². The molecule has 0 heterocycles. The predicted molar refractivity (Wildman–Crippen MR) is 82.7 cm³/mol. The Labute approximate surface area is 124 Å². The van der Waals surface area contributed by atoms with Gasteiger partial charge in [0.05, 0.1) is 0 Å². The van der Waals surface area contributed by atoms with Crippen molar-refractivity contribution in [3.8, 4) is 0 Å². The van der Waals surface area contributed by atoms with E-state index in [-0.39, 0.29) is 5.82 Å². The van der Waals surface area contributed by atoms with Crippen LogP contribution in [0.25, 0.3) is 0 Å². The summed E-state index contributed by atoms with van der Waals surface area (Å²) in [5.41, 5.74) is 2.35. The number of halogens is 2. The molecule has 0 aliphatic carbocycles. The summed E-state index contributed by atoms with van der Waals surface area (Å²) in [4.78, 5) is 0. The Kier molecular flexibility index (Phi) is 5.57. The summed E-state index contributed by atoms with van der Waals surface area (Å²) in [6.45, 7) is 3.00. The van der Waals surface area contributed by atoms with Gasteiger partial charge in [-0.3, -0.25) is 0 Å². The van der Waals surface area contributed by atoms with Gasteiger partial charge < -0.3 is 5.32 Å². The third kappa shape index (κ3) is 4.62. The second-order valence-electron chi connectivity index (χ2n) is 4.92. The molecule has 0 aliphatic rings. The van der Waals surface area contributed by atoms with E-state index in [2.05, 4.69) is 18.3 Å². The molecule has 2 aromatic rings. The standard InChI is InChI=1S/C17H19ClFN/c1-2-20-17(11-13-6-8-16(19)9-7-13)12-14-4-3-5-15(18)10-14/h3-10,17,20H,2,11-12H2,1H3. The third-order valence-corrected chi connectivity index (χ3v) is 3.49. The van der Waals surface area contributed by atoms with Crippen molar-refractivity contribution in [1.82, 2.24) is 5.32 Å². The van der Waals surface area contributed by atoms with Crippen LogP contribution < -0.4 is 5.32 Å². The molecule has 0 fully saturated rings. The minimum absolute atomic E-state index is 0.191. The molecular formula is C17H19ClFN. The van der Waals surface area contributed by atoms with E-state index in [4.69, 9.17) is 11.6 Å². The van der Waals surface area contributed by atoms with Crippen LogP contribution in [0.15, 0.2) is 48.5 Å². The van der Waals surface area contributed by atoms with Gasteiger partial charge in [-0.25, -0.2) is 4.39 Å². The minimum Gasteiger partial charge on any atom is -0.314 e. The third-order valence-electron chi connectivity index (χ3n) is 3.26. The fourth-order valence-corrected chi connectivity index (χ4v) is 2.57. The van der Waals surface area contributed by atoms with E-state index in [1.807, 2.05) is 30.3 Å². The van der Waals surface area contributed by atoms with Crippen LogP contribution in [0, 0.1) is 5.82 Å². The molecule has 0 spiro atoms. The van der Waals surface area contributed by atoms with E-state index in [1.54, 1.807) is 0 Å². The fourth-order valence-electron chi connectivity index (χ4n) is 2.36. The Morgan fingerprint density at radius 3 is 2.40 bits per heavy atom. The molecule has 0 saturated carbocycles. The Balaban J connectivity index is 2.05. The maximum absolute atomic E-state index is 12.9. The van der Waals surface area contributed by atoms with Gasteiger partial charge in [0.2, 0.25) is 0 Å². The van der Waals surface area contributed by atoms with Gasteiger partial charge in [-0.2, -0.15) is 0 Å². The molecule has 1 nitrogen and oxygen atoms in total. The maximum Gasteiger partial charge on any atom is 0.123 e. The van der Waals surface area contributed by atoms with Crippen molar-refractivity contribution in [2.45, 2.75) is 25.8 Å². The maximum atomic E-state index is 12.9. The zero-order valence-corrected chi connectivity index (χ0v) is 12.3. The van der Waals surface area contributed by atoms with Crippen LogP contribution in [-0.2, 0) is 12.8 Å². The van der Waals surface area contributed by atoms with Crippen molar-refractivity contribution < 1.29 is 4.39 Å². The summed E-state index contributed by atoms with van der Waals surface area (Å²) < 4.78 is 12.9. The minimum atomic E-state index is -0.191. The average Bonchev–Trinajstić information content (AvgIpc) is 2.42.